The predicted octanol–water partition coefficient (Wildman–Crippen LogP) is 4.15. The van der Waals surface area contributed by atoms with Crippen LogP contribution in [0.4, 0.5) is 11.4 Å². The second-order valence-corrected chi connectivity index (χ2v) is 5.86. The predicted molar refractivity (Wildman–Crippen MR) is 102 cm³/mol. The van der Waals surface area contributed by atoms with Gasteiger partial charge in [-0.05, 0) is 48.9 Å². The lowest BCUT2D eigenvalue weighted by Gasteiger charge is -2.08. The first-order valence-electron chi connectivity index (χ1n) is 8.28. The van der Waals surface area contributed by atoms with E-state index in [1.165, 1.54) is 12.5 Å². The maximum atomic E-state index is 12.3. The Kier molecular flexibility index (Phi) is 5.39. The fraction of sp³-hybridized carbons (Fsp3) is 0.0952. The number of Topliss-reactive ketones (excluding diaryl/α,β-unsaturated/α-hetero) is 1. The number of hydrogen-bond acceptors (Lipinski definition) is 4. The van der Waals surface area contributed by atoms with Gasteiger partial charge in [0, 0.05) is 17.8 Å². The van der Waals surface area contributed by atoms with Gasteiger partial charge in [0.25, 0.3) is 5.91 Å². The van der Waals surface area contributed by atoms with Crippen LogP contribution >= 0.6 is 0 Å². The van der Waals surface area contributed by atoms with Crippen LogP contribution in [0.2, 0.25) is 0 Å². The minimum absolute atomic E-state index is 0.0110. The average molecular weight is 345 g/mol. The van der Waals surface area contributed by atoms with Crippen LogP contribution in [0, 0.1) is 0 Å². The first kappa shape index (κ1) is 17.4. The molecule has 130 valence electrons. The standard InChI is InChI=1S/C21H19N3O2/c1-15(25)17-7-9-18(10-8-17)24-21(26)20-12-11-19(14-23-20)22-13-16-5-3-2-4-6-16/h2-12,14,22H,13H2,1H3,(H,24,26). The molecule has 1 heterocycles. The van der Waals surface area contributed by atoms with E-state index in [1.807, 2.05) is 36.4 Å². The van der Waals surface area contributed by atoms with Crippen molar-refractivity contribution < 1.29 is 9.59 Å². The molecule has 0 aliphatic carbocycles. The molecular weight excluding hydrogens is 326 g/mol. The molecule has 3 aromatic rings. The van der Waals surface area contributed by atoms with E-state index in [1.54, 1.807) is 36.5 Å². The Morgan fingerprint density at radius 2 is 1.58 bits per heavy atom. The summed E-state index contributed by atoms with van der Waals surface area (Å²) in [4.78, 5) is 27.7. The molecule has 26 heavy (non-hydrogen) atoms. The molecule has 0 aliphatic rings. The summed E-state index contributed by atoms with van der Waals surface area (Å²) >= 11 is 0. The van der Waals surface area contributed by atoms with Crippen molar-refractivity contribution in [2.75, 3.05) is 10.6 Å². The third-order valence-electron chi connectivity index (χ3n) is 3.88. The molecule has 0 aliphatic heterocycles. The van der Waals surface area contributed by atoms with Gasteiger partial charge in [0.1, 0.15) is 5.69 Å². The monoisotopic (exact) mass is 345 g/mol. The van der Waals surface area contributed by atoms with Crippen molar-refractivity contribution >= 4 is 23.1 Å². The number of nitrogens with one attached hydrogen (secondary N) is 2. The molecule has 0 unspecified atom stereocenters. The van der Waals surface area contributed by atoms with Gasteiger partial charge in [-0.1, -0.05) is 30.3 Å². The fourth-order valence-electron chi connectivity index (χ4n) is 2.42. The summed E-state index contributed by atoms with van der Waals surface area (Å²) in [5, 5.41) is 6.04. The molecule has 0 bridgehead atoms. The third-order valence-corrected chi connectivity index (χ3v) is 3.88. The van der Waals surface area contributed by atoms with Gasteiger partial charge in [-0.25, -0.2) is 4.98 Å². The number of carbonyl (C=O) groups is 2. The summed E-state index contributed by atoms with van der Waals surface area (Å²) in [5.74, 6) is -0.307. The number of amides is 1. The molecule has 0 spiro atoms. The largest absolute Gasteiger partial charge is 0.380 e. The molecule has 0 radical (unpaired) electrons. The van der Waals surface area contributed by atoms with E-state index >= 15 is 0 Å². The molecule has 0 atom stereocenters. The zero-order valence-electron chi connectivity index (χ0n) is 14.4. The van der Waals surface area contributed by atoms with Crippen LogP contribution < -0.4 is 10.6 Å². The van der Waals surface area contributed by atoms with Gasteiger partial charge in [0.2, 0.25) is 0 Å². The normalized spacial score (nSPS) is 10.2. The van der Waals surface area contributed by atoms with E-state index in [2.05, 4.69) is 15.6 Å². The van der Waals surface area contributed by atoms with Gasteiger partial charge in [0.15, 0.2) is 5.78 Å². The van der Waals surface area contributed by atoms with Gasteiger partial charge in [-0.15, -0.1) is 0 Å². The highest BCUT2D eigenvalue weighted by atomic mass is 16.2. The Morgan fingerprint density at radius 1 is 0.885 bits per heavy atom. The molecular formula is C21H19N3O2. The van der Waals surface area contributed by atoms with Crippen molar-refractivity contribution in [3.8, 4) is 0 Å². The van der Waals surface area contributed by atoms with Crippen molar-refractivity contribution in [1.29, 1.82) is 0 Å². The molecule has 0 fully saturated rings. The first-order valence-corrected chi connectivity index (χ1v) is 8.28. The number of nitrogens with zero attached hydrogens (tertiary/aromatic N) is 1. The number of benzene rings is 2. The van der Waals surface area contributed by atoms with Gasteiger partial charge >= 0.3 is 0 Å². The number of rotatable bonds is 6. The van der Waals surface area contributed by atoms with E-state index in [9.17, 15) is 9.59 Å². The molecule has 2 N–H and O–H groups in total. The lowest BCUT2D eigenvalue weighted by atomic mass is 10.1. The van der Waals surface area contributed by atoms with Crippen molar-refractivity contribution in [1.82, 2.24) is 4.98 Å². The summed E-state index contributed by atoms with van der Waals surface area (Å²) < 4.78 is 0. The highest BCUT2D eigenvalue weighted by Crippen LogP contribution is 2.13. The zero-order chi connectivity index (χ0) is 18.4. The van der Waals surface area contributed by atoms with Crippen LogP contribution in [0.25, 0.3) is 0 Å². The summed E-state index contributed by atoms with van der Waals surface area (Å²) in [7, 11) is 0. The molecule has 1 amide bonds. The maximum absolute atomic E-state index is 12.3. The first-order chi connectivity index (χ1) is 12.6. The summed E-state index contributed by atoms with van der Waals surface area (Å²) in [5.41, 5.74) is 3.56. The average Bonchev–Trinajstić information content (AvgIpc) is 2.68. The zero-order valence-corrected chi connectivity index (χ0v) is 14.4. The van der Waals surface area contributed by atoms with Crippen molar-refractivity contribution in [2.24, 2.45) is 0 Å². The summed E-state index contributed by atoms with van der Waals surface area (Å²) in [6, 6.07) is 20.3. The number of carbonyl (C=O) groups excluding carboxylic acids is 2. The van der Waals surface area contributed by atoms with Crippen LogP contribution in [0.15, 0.2) is 72.9 Å². The van der Waals surface area contributed by atoms with Gasteiger partial charge in [-0.2, -0.15) is 0 Å². The second kappa shape index (κ2) is 8.07. The van der Waals surface area contributed by atoms with Crippen molar-refractivity contribution in [3.63, 3.8) is 0 Å². The Hall–Kier alpha value is -3.47. The quantitative estimate of drug-likeness (QED) is 0.659. The molecule has 2 aromatic carbocycles. The van der Waals surface area contributed by atoms with Crippen LogP contribution in [0.5, 0.6) is 0 Å². The second-order valence-electron chi connectivity index (χ2n) is 5.86. The van der Waals surface area contributed by atoms with E-state index in [0.717, 1.165) is 5.69 Å². The van der Waals surface area contributed by atoms with E-state index in [-0.39, 0.29) is 11.7 Å². The topological polar surface area (TPSA) is 71.1 Å². The Bertz CT molecular complexity index is 889. The number of ketones is 1. The van der Waals surface area contributed by atoms with Gasteiger partial charge in [0.05, 0.1) is 11.9 Å². The molecule has 5 nitrogen and oxygen atoms in total. The van der Waals surface area contributed by atoms with E-state index in [0.29, 0.717) is 23.5 Å². The van der Waals surface area contributed by atoms with Crippen LogP contribution in [0.1, 0.15) is 33.3 Å². The number of hydrogen-bond donors (Lipinski definition) is 2. The molecule has 3 rings (SSSR count). The highest BCUT2D eigenvalue weighted by molar-refractivity contribution is 6.03. The van der Waals surface area contributed by atoms with Gasteiger partial charge in [-0.3, -0.25) is 9.59 Å². The van der Waals surface area contributed by atoms with Crippen molar-refractivity contribution in [2.45, 2.75) is 13.5 Å². The fourth-order valence-corrected chi connectivity index (χ4v) is 2.42. The molecule has 1 aromatic heterocycles. The van der Waals surface area contributed by atoms with Crippen LogP contribution in [0.3, 0.4) is 0 Å². The third kappa shape index (κ3) is 4.54. The summed E-state index contributed by atoms with van der Waals surface area (Å²) in [6.07, 6.45) is 1.64. The lowest BCUT2D eigenvalue weighted by Crippen LogP contribution is -2.13. The smallest absolute Gasteiger partial charge is 0.274 e. The lowest BCUT2D eigenvalue weighted by molar-refractivity contribution is 0.101. The van der Waals surface area contributed by atoms with Crippen molar-refractivity contribution in [3.05, 3.63) is 89.7 Å². The molecule has 0 saturated carbocycles. The van der Waals surface area contributed by atoms with E-state index < -0.39 is 0 Å². The van der Waals surface area contributed by atoms with Gasteiger partial charge < -0.3 is 10.6 Å². The SMILES string of the molecule is CC(=O)c1ccc(NC(=O)c2ccc(NCc3ccccc3)cn2)cc1. The minimum atomic E-state index is -0.296. The number of anilines is 2. The van der Waals surface area contributed by atoms with E-state index in [4.69, 9.17) is 0 Å². The molecule has 5 heteroatoms. The Morgan fingerprint density at radius 3 is 2.19 bits per heavy atom. The number of pyridine rings is 1. The molecule has 0 saturated heterocycles. The highest BCUT2D eigenvalue weighted by Gasteiger charge is 2.08. The summed E-state index contributed by atoms with van der Waals surface area (Å²) in [6.45, 7) is 2.20. The minimum Gasteiger partial charge on any atom is -0.380 e. The van der Waals surface area contributed by atoms with Crippen LogP contribution in [-0.4, -0.2) is 16.7 Å². The maximum Gasteiger partial charge on any atom is 0.274 e. The Labute approximate surface area is 152 Å². The number of aromatic nitrogens is 1. The van der Waals surface area contributed by atoms with Crippen LogP contribution in [-0.2, 0) is 6.54 Å². The Balaban J connectivity index is 1.58.